The average Bonchev–Trinajstić information content (AvgIpc) is 2.79. The number of rotatable bonds is 3. The number of nitrogens with zero attached hydrogens (tertiary/aromatic N) is 1. The SMILES string of the molecule is NC(=O)c1c(Nc2ccccc2)sc2c(=O)[nH]cnc12. The Balaban J connectivity index is 2.20. The van der Waals surface area contributed by atoms with E-state index < -0.39 is 5.91 Å². The number of thiophene rings is 1. The van der Waals surface area contributed by atoms with Crippen molar-refractivity contribution in [2.45, 2.75) is 0 Å². The van der Waals surface area contributed by atoms with Crippen LogP contribution in [0.4, 0.5) is 10.7 Å². The fraction of sp³-hybridized carbons (Fsp3) is 0. The molecule has 1 amide bonds. The molecule has 6 nitrogen and oxygen atoms in total. The van der Waals surface area contributed by atoms with Crippen LogP contribution in [0.15, 0.2) is 41.5 Å². The van der Waals surface area contributed by atoms with Crippen LogP contribution in [-0.2, 0) is 0 Å². The molecule has 20 heavy (non-hydrogen) atoms. The van der Waals surface area contributed by atoms with Gasteiger partial charge in [0, 0.05) is 5.69 Å². The van der Waals surface area contributed by atoms with E-state index in [2.05, 4.69) is 15.3 Å². The van der Waals surface area contributed by atoms with E-state index in [1.807, 2.05) is 30.3 Å². The summed E-state index contributed by atoms with van der Waals surface area (Å²) >= 11 is 1.16. The topological polar surface area (TPSA) is 101 Å². The summed E-state index contributed by atoms with van der Waals surface area (Å²) < 4.78 is 0.375. The van der Waals surface area contributed by atoms with Crippen LogP contribution in [-0.4, -0.2) is 15.9 Å². The molecule has 2 aromatic heterocycles. The number of carbonyl (C=O) groups excluding carboxylic acids is 1. The molecule has 3 aromatic rings. The van der Waals surface area contributed by atoms with Gasteiger partial charge < -0.3 is 16.0 Å². The molecule has 0 saturated heterocycles. The third-order valence-electron chi connectivity index (χ3n) is 2.76. The molecule has 0 unspecified atom stereocenters. The Hall–Kier alpha value is -2.67. The smallest absolute Gasteiger partial charge is 0.268 e. The first-order valence-electron chi connectivity index (χ1n) is 5.79. The van der Waals surface area contributed by atoms with Crippen molar-refractivity contribution in [3.05, 3.63) is 52.6 Å². The van der Waals surface area contributed by atoms with Crippen molar-refractivity contribution in [1.82, 2.24) is 9.97 Å². The number of fused-ring (bicyclic) bond motifs is 1. The number of anilines is 2. The van der Waals surface area contributed by atoms with Crippen LogP contribution >= 0.6 is 11.3 Å². The normalized spacial score (nSPS) is 10.6. The van der Waals surface area contributed by atoms with Gasteiger partial charge in [-0.05, 0) is 12.1 Å². The maximum Gasteiger partial charge on any atom is 0.268 e. The summed E-state index contributed by atoms with van der Waals surface area (Å²) in [5.41, 5.74) is 6.48. The van der Waals surface area contributed by atoms with Crippen molar-refractivity contribution in [1.29, 1.82) is 0 Å². The van der Waals surface area contributed by atoms with Gasteiger partial charge in [-0.25, -0.2) is 4.98 Å². The van der Waals surface area contributed by atoms with Crippen LogP contribution in [0.1, 0.15) is 10.4 Å². The molecule has 0 aliphatic heterocycles. The van der Waals surface area contributed by atoms with E-state index >= 15 is 0 Å². The Morgan fingerprint density at radius 2 is 2.05 bits per heavy atom. The van der Waals surface area contributed by atoms with E-state index in [1.54, 1.807) is 0 Å². The number of nitrogens with two attached hydrogens (primary N) is 1. The maximum atomic E-state index is 11.8. The highest BCUT2D eigenvalue weighted by Crippen LogP contribution is 2.34. The second-order valence-corrected chi connectivity index (χ2v) is 5.09. The Labute approximate surface area is 117 Å². The number of hydrogen-bond acceptors (Lipinski definition) is 5. The molecule has 0 aliphatic carbocycles. The summed E-state index contributed by atoms with van der Waals surface area (Å²) in [6.07, 6.45) is 1.26. The Morgan fingerprint density at radius 3 is 2.75 bits per heavy atom. The standard InChI is InChI=1S/C13H10N4O2S/c14-11(18)8-9-10(12(19)16-6-15-9)20-13(8)17-7-4-2-1-3-5-7/h1-6,17H,(H2,14,18)(H,15,16,19). The predicted molar refractivity (Wildman–Crippen MR) is 78.5 cm³/mol. The number of para-hydroxylation sites is 1. The molecule has 0 radical (unpaired) electrons. The number of nitrogens with one attached hydrogen (secondary N) is 2. The minimum absolute atomic E-state index is 0.236. The highest BCUT2D eigenvalue weighted by Gasteiger charge is 2.19. The van der Waals surface area contributed by atoms with E-state index in [0.29, 0.717) is 15.2 Å². The highest BCUT2D eigenvalue weighted by molar-refractivity contribution is 7.23. The average molecular weight is 286 g/mol. The zero-order valence-electron chi connectivity index (χ0n) is 10.2. The number of primary amides is 1. The molecule has 0 atom stereocenters. The van der Waals surface area contributed by atoms with Crippen molar-refractivity contribution < 1.29 is 4.79 Å². The molecule has 3 rings (SSSR count). The number of aromatic amines is 1. The number of amides is 1. The van der Waals surface area contributed by atoms with Crippen LogP contribution < -0.4 is 16.6 Å². The van der Waals surface area contributed by atoms with Crippen LogP contribution in [0.3, 0.4) is 0 Å². The third-order valence-corrected chi connectivity index (χ3v) is 3.85. The molecular formula is C13H10N4O2S. The Kier molecular flexibility index (Phi) is 2.96. The number of carbonyl (C=O) groups is 1. The van der Waals surface area contributed by atoms with E-state index in [1.165, 1.54) is 6.33 Å². The summed E-state index contributed by atoms with van der Waals surface area (Å²) in [6, 6.07) is 9.33. The minimum Gasteiger partial charge on any atom is -0.365 e. The molecule has 4 N–H and O–H groups in total. The largest absolute Gasteiger partial charge is 0.365 e. The number of benzene rings is 1. The lowest BCUT2D eigenvalue weighted by Gasteiger charge is -2.04. The summed E-state index contributed by atoms with van der Waals surface area (Å²) in [5.74, 6) is -0.618. The van der Waals surface area contributed by atoms with E-state index in [-0.39, 0.29) is 11.1 Å². The van der Waals surface area contributed by atoms with Crippen LogP contribution in [0.5, 0.6) is 0 Å². The number of H-pyrrole nitrogens is 1. The number of hydrogen-bond donors (Lipinski definition) is 3. The van der Waals surface area contributed by atoms with Crippen molar-refractivity contribution in [3.8, 4) is 0 Å². The van der Waals surface area contributed by atoms with Gasteiger partial charge >= 0.3 is 0 Å². The monoisotopic (exact) mass is 286 g/mol. The molecule has 0 bridgehead atoms. The maximum absolute atomic E-state index is 11.8. The molecule has 0 saturated carbocycles. The van der Waals surface area contributed by atoms with E-state index in [9.17, 15) is 9.59 Å². The van der Waals surface area contributed by atoms with Gasteiger partial charge in [-0.1, -0.05) is 18.2 Å². The zero-order chi connectivity index (χ0) is 14.1. The van der Waals surface area contributed by atoms with Crippen LogP contribution in [0, 0.1) is 0 Å². The second kappa shape index (κ2) is 4.78. The molecule has 0 aliphatic rings. The summed E-state index contributed by atoms with van der Waals surface area (Å²) in [6.45, 7) is 0. The summed E-state index contributed by atoms with van der Waals surface area (Å²) in [5, 5.41) is 3.61. The van der Waals surface area contributed by atoms with Gasteiger partial charge in [-0.15, -0.1) is 11.3 Å². The first-order chi connectivity index (χ1) is 9.66. The van der Waals surface area contributed by atoms with Gasteiger partial charge in [0.25, 0.3) is 11.5 Å². The zero-order valence-corrected chi connectivity index (χ0v) is 11.0. The van der Waals surface area contributed by atoms with Gasteiger partial charge in [0.1, 0.15) is 20.8 Å². The van der Waals surface area contributed by atoms with Crippen LogP contribution in [0.25, 0.3) is 10.2 Å². The van der Waals surface area contributed by atoms with Gasteiger partial charge in [0.2, 0.25) is 0 Å². The summed E-state index contributed by atoms with van der Waals surface area (Å²) in [4.78, 5) is 29.9. The fourth-order valence-corrected chi connectivity index (χ4v) is 2.97. The lowest BCUT2D eigenvalue weighted by atomic mass is 10.2. The van der Waals surface area contributed by atoms with Crippen molar-refractivity contribution >= 4 is 38.1 Å². The lowest BCUT2D eigenvalue weighted by molar-refractivity contribution is 0.100. The molecular weight excluding hydrogens is 276 g/mol. The van der Waals surface area contributed by atoms with E-state index in [4.69, 9.17) is 5.73 Å². The first-order valence-corrected chi connectivity index (χ1v) is 6.60. The first kappa shape index (κ1) is 12.4. The predicted octanol–water partition coefficient (Wildman–Crippen LogP) is 1.83. The Bertz CT molecular complexity index is 838. The summed E-state index contributed by atoms with van der Waals surface area (Å²) in [7, 11) is 0. The number of aromatic nitrogens is 2. The lowest BCUT2D eigenvalue weighted by Crippen LogP contribution is -2.13. The van der Waals surface area contributed by atoms with Gasteiger partial charge in [-0.2, -0.15) is 0 Å². The van der Waals surface area contributed by atoms with Crippen molar-refractivity contribution in [2.24, 2.45) is 5.73 Å². The minimum atomic E-state index is -0.618. The highest BCUT2D eigenvalue weighted by atomic mass is 32.1. The van der Waals surface area contributed by atoms with Crippen LogP contribution in [0.2, 0.25) is 0 Å². The molecule has 0 fully saturated rings. The van der Waals surface area contributed by atoms with Gasteiger partial charge in [0.05, 0.1) is 6.33 Å². The van der Waals surface area contributed by atoms with Gasteiger partial charge in [0.15, 0.2) is 0 Å². The molecule has 7 heteroatoms. The van der Waals surface area contributed by atoms with Crippen molar-refractivity contribution in [3.63, 3.8) is 0 Å². The molecule has 2 heterocycles. The third kappa shape index (κ3) is 2.04. The molecule has 0 spiro atoms. The fourth-order valence-electron chi connectivity index (χ4n) is 1.89. The van der Waals surface area contributed by atoms with Gasteiger partial charge in [-0.3, -0.25) is 9.59 Å². The Morgan fingerprint density at radius 1 is 1.30 bits per heavy atom. The second-order valence-electron chi connectivity index (χ2n) is 4.07. The molecule has 1 aromatic carbocycles. The van der Waals surface area contributed by atoms with Crippen molar-refractivity contribution in [2.75, 3.05) is 5.32 Å². The van der Waals surface area contributed by atoms with E-state index in [0.717, 1.165) is 17.0 Å². The quantitative estimate of drug-likeness (QED) is 0.683. The molecule has 100 valence electrons.